The van der Waals surface area contributed by atoms with Gasteiger partial charge in [0.25, 0.3) is 24.0 Å². The summed E-state index contributed by atoms with van der Waals surface area (Å²) >= 11 is 7.08. The van der Waals surface area contributed by atoms with Gasteiger partial charge in [0.1, 0.15) is 11.4 Å². The summed E-state index contributed by atoms with van der Waals surface area (Å²) in [5.74, 6) is -1.21. The van der Waals surface area contributed by atoms with Crippen molar-refractivity contribution in [3.05, 3.63) is 128 Å². The van der Waals surface area contributed by atoms with Crippen molar-refractivity contribution in [2.24, 2.45) is 21.1 Å². The highest BCUT2D eigenvalue weighted by molar-refractivity contribution is 7.90. The Balaban J connectivity index is 1.34. The fourth-order valence-corrected chi connectivity index (χ4v) is 12.7. The highest BCUT2D eigenvalue weighted by Gasteiger charge is 2.40. The number of ether oxygens (including phenoxy) is 2. The predicted octanol–water partition coefficient (Wildman–Crippen LogP) is 8.98. The summed E-state index contributed by atoms with van der Waals surface area (Å²) in [6.45, 7) is 11.3. The normalized spacial score (nSPS) is 12.5. The third-order valence-corrected chi connectivity index (χ3v) is 21.4. The molecule has 0 atom stereocenters. The van der Waals surface area contributed by atoms with E-state index in [1.165, 1.54) is 41.8 Å². The molecule has 0 fully saturated rings. The molecule has 0 spiro atoms. The van der Waals surface area contributed by atoms with E-state index in [2.05, 4.69) is 39.0 Å². The number of rotatable bonds is 17. The first-order chi connectivity index (χ1) is 33.2. The molecule has 3 aromatic heterocycles. The number of nitro benzene ring substituents is 1. The Kier molecular flexibility index (Phi) is 14.5. The Hall–Kier alpha value is -6.39. The van der Waals surface area contributed by atoms with Crippen LogP contribution in [0.25, 0.3) is 32.8 Å². The zero-order valence-electron chi connectivity index (χ0n) is 41.4. The number of benzene rings is 4. The molecule has 0 aliphatic rings. The summed E-state index contributed by atoms with van der Waals surface area (Å²) in [6, 6.07) is 20.4. The second-order valence-corrected chi connectivity index (χ2v) is 27.8. The van der Waals surface area contributed by atoms with Gasteiger partial charge in [-0.05, 0) is 72.8 Å². The van der Waals surface area contributed by atoms with Crippen LogP contribution in [0.4, 0.5) is 5.69 Å². The lowest BCUT2D eigenvalue weighted by molar-refractivity contribution is -0.387. The predicted molar refractivity (Wildman–Crippen MR) is 272 cm³/mol. The van der Waals surface area contributed by atoms with Crippen LogP contribution in [0.3, 0.4) is 0 Å². The smallest absolute Gasteiger partial charge is 0.354 e. The fraction of sp³-hybridized carbons (Fsp3) is 0.347. The number of carbonyl (C=O) groups excluding carboxylic acids is 2. The summed E-state index contributed by atoms with van der Waals surface area (Å²) in [7, 11) is -3.93. The molecular weight excluding hydrogens is 990 g/mol. The molecule has 0 aliphatic heterocycles. The molecule has 3 heterocycles. The number of nitro groups is 1. The Morgan fingerprint density at radius 1 is 0.859 bits per heavy atom. The van der Waals surface area contributed by atoms with E-state index >= 15 is 0 Å². The van der Waals surface area contributed by atoms with Crippen molar-refractivity contribution in [2.45, 2.75) is 87.3 Å². The van der Waals surface area contributed by atoms with E-state index in [4.69, 9.17) is 30.6 Å². The van der Waals surface area contributed by atoms with Crippen LogP contribution in [0.5, 0.6) is 5.75 Å². The number of para-hydroxylation sites is 1. The van der Waals surface area contributed by atoms with E-state index < -0.39 is 74.5 Å². The Morgan fingerprint density at radius 2 is 1.54 bits per heavy atom. The lowest BCUT2D eigenvalue weighted by Gasteiger charge is -2.37. The maximum Gasteiger partial charge on any atom is 0.354 e. The van der Waals surface area contributed by atoms with Crippen molar-refractivity contribution in [3.8, 4) is 16.9 Å². The largest absolute Gasteiger partial charge is 0.543 e. The van der Waals surface area contributed by atoms with E-state index in [1.54, 1.807) is 56.9 Å². The molecule has 0 saturated carbocycles. The van der Waals surface area contributed by atoms with Gasteiger partial charge >= 0.3 is 11.9 Å². The first kappa shape index (κ1) is 52.4. The van der Waals surface area contributed by atoms with Gasteiger partial charge in [-0.2, -0.15) is 14.5 Å². The average Bonchev–Trinajstić information content (AvgIpc) is 3.90. The van der Waals surface area contributed by atoms with Crippen molar-refractivity contribution in [2.75, 3.05) is 14.2 Å². The standard InChI is InChI=1S/C49H56ClN7O11S2Si/c1-30-44(45-38(50)22-20-36-37(21-23-43(58)66-8)47(48(59)67-9)53(5)46(36)45)39(52-54(30)6)28-56(70(64,65)42-19-15-14-18-40(42)57(60)61)27-32-25-33(55(7)51-32)29-69(62,63)34-24-31-16-12-13-17-35(31)41(26-34)68-71(10,11)49(2,3)4/h12-20,22,24-26H,21,23,27-29H2,1-11H3. The third kappa shape index (κ3) is 10.1. The van der Waals surface area contributed by atoms with E-state index in [1.807, 2.05) is 24.3 Å². The summed E-state index contributed by atoms with van der Waals surface area (Å²) < 4.78 is 81.1. The second-order valence-electron chi connectivity index (χ2n) is 18.8. The highest BCUT2D eigenvalue weighted by Crippen LogP contribution is 2.44. The molecule has 7 rings (SSSR count). The Labute approximate surface area is 418 Å². The number of sulfonamides is 1. The van der Waals surface area contributed by atoms with Gasteiger partial charge in [0.15, 0.2) is 14.7 Å². The number of fused-ring (bicyclic) bond motifs is 2. The molecule has 22 heteroatoms. The number of methoxy groups -OCH3 is 2. The zero-order chi connectivity index (χ0) is 52.1. The van der Waals surface area contributed by atoms with Crippen LogP contribution in [-0.4, -0.2) is 84.7 Å². The minimum absolute atomic E-state index is 0.0347. The van der Waals surface area contributed by atoms with Gasteiger partial charge in [-0.3, -0.25) is 24.3 Å². The van der Waals surface area contributed by atoms with Crippen molar-refractivity contribution in [3.63, 3.8) is 0 Å². The molecule has 376 valence electrons. The number of carbonyl (C=O) groups is 2. The third-order valence-electron chi connectivity index (χ3n) is 13.3. The average molecular weight is 1050 g/mol. The van der Waals surface area contributed by atoms with E-state index in [0.29, 0.717) is 44.4 Å². The number of hydrogen-bond donors (Lipinski definition) is 0. The van der Waals surface area contributed by atoms with Gasteiger partial charge < -0.3 is 18.5 Å². The molecule has 4 aromatic carbocycles. The zero-order valence-corrected chi connectivity index (χ0v) is 44.7. The van der Waals surface area contributed by atoms with Crippen molar-refractivity contribution in [1.82, 2.24) is 28.4 Å². The minimum Gasteiger partial charge on any atom is -0.543 e. The summed E-state index contributed by atoms with van der Waals surface area (Å²) in [6.07, 6.45) is 0.0592. The quantitative estimate of drug-likeness (QED) is 0.0361. The molecule has 0 N–H and O–H groups in total. The molecule has 7 aromatic rings. The van der Waals surface area contributed by atoms with Gasteiger partial charge in [0.05, 0.1) is 70.5 Å². The number of aryl methyl sites for hydroxylation is 4. The minimum atomic E-state index is -4.78. The number of hydrogen-bond acceptors (Lipinski definition) is 13. The van der Waals surface area contributed by atoms with Gasteiger partial charge in [-0.25, -0.2) is 21.6 Å². The molecule has 0 saturated heterocycles. The van der Waals surface area contributed by atoms with Crippen LogP contribution >= 0.6 is 11.6 Å². The van der Waals surface area contributed by atoms with Crippen molar-refractivity contribution >= 4 is 79.1 Å². The van der Waals surface area contributed by atoms with Gasteiger partial charge in [-0.15, -0.1) is 0 Å². The Bertz CT molecular complexity index is 3500. The number of sulfone groups is 1. The summed E-state index contributed by atoms with van der Waals surface area (Å²) in [5, 5.41) is 23.8. The van der Waals surface area contributed by atoms with Crippen LogP contribution in [0.15, 0.2) is 88.7 Å². The maximum atomic E-state index is 15.0. The Morgan fingerprint density at radius 3 is 2.20 bits per heavy atom. The number of halogens is 1. The SMILES string of the molecule is COC(=O)CCc1c(C(=O)OC)n(C)c2c(-c3c(CN(Cc4cc(CS(=O)(=O)c5cc(O[Si](C)(C)C(C)(C)C)c6ccccc6c5)n(C)n4)S(=O)(=O)c4ccccc4[N+](=O)[O-])nn(C)c3C)c(Cl)ccc12. The van der Waals surface area contributed by atoms with Crippen LogP contribution in [0.2, 0.25) is 23.2 Å². The molecule has 71 heavy (non-hydrogen) atoms. The van der Waals surface area contributed by atoms with Crippen LogP contribution in [-0.2, 0) is 80.5 Å². The summed E-state index contributed by atoms with van der Waals surface area (Å²) in [4.78, 5) is 36.7. The lowest BCUT2D eigenvalue weighted by atomic mass is 9.98. The second kappa shape index (κ2) is 19.7. The van der Waals surface area contributed by atoms with E-state index in [-0.39, 0.29) is 50.6 Å². The maximum absolute atomic E-state index is 15.0. The fourth-order valence-electron chi connectivity index (χ4n) is 8.43. The first-order valence-corrected chi connectivity index (χ1v) is 28.8. The van der Waals surface area contributed by atoms with Gasteiger partial charge in [-0.1, -0.05) is 74.8 Å². The van der Waals surface area contributed by atoms with Gasteiger partial charge in [0, 0.05) is 61.2 Å². The molecule has 0 bridgehead atoms. The number of esters is 2. The highest BCUT2D eigenvalue weighted by atomic mass is 35.5. The summed E-state index contributed by atoms with van der Waals surface area (Å²) in [5.41, 5.74) is 2.35. The van der Waals surface area contributed by atoms with E-state index in [0.717, 1.165) is 21.8 Å². The number of aromatic nitrogens is 5. The number of nitrogens with zero attached hydrogens (tertiary/aromatic N) is 7. The first-order valence-electron chi connectivity index (χ1n) is 22.4. The van der Waals surface area contributed by atoms with Crippen molar-refractivity contribution < 1.29 is 45.2 Å². The molecule has 0 aliphatic carbocycles. The molecule has 18 nitrogen and oxygen atoms in total. The molecule has 0 amide bonds. The van der Waals surface area contributed by atoms with Crippen molar-refractivity contribution in [1.29, 1.82) is 0 Å². The van der Waals surface area contributed by atoms with Crippen LogP contribution in [0, 0.1) is 17.0 Å². The van der Waals surface area contributed by atoms with Crippen LogP contribution < -0.4 is 4.43 Å². The topological polar surface area (TPSA) is 217 Å². The van der Waals surface area contributed by atoms with Gasteiger partial charge in [0.2, 0.25) is 0 Å². The molecule has 0 radical (unpaired) electrons. The monoisotopic (exact) mass is 1050 g/mol. The molecular formula is C49H56ClN7O11S2Si. The van der Waals surface area contributed by atoms with Crippen LogP contribution in [0.1, 0.15) is 66.0 Å². The lowest BCUT2D eigenvalue weighted by Crippen LogP contribution is -2.43. The molecule has 0 unspecified atom stereocenters. The van der Waals surface area contributed by atoms with E-state index in [9.17, 15) is 36.5 Å².